The molecule has 0 aliphatic heterocycles. The summed E-state index contributed by atoms with van der Waals surface area (Å²) in [5.41, 5.74) is 2.66. The van der Waals surface area contributed by atoms with Crippen LogP contribution in [0.25, 0.3) is 10.9 Å². The Kier molecular flexibility index (Phi) is 3.62. The highest BCUT2D eigenvalue weighted by Gasteiger charge is 2.01. The van der Waals surface area contributed by atoms with Gasteiger partial charge in [-0.05, 0) is 43.9 Å². The molecule has 0 saturated heterocycles. The minimum atomic E-state index is 0.311. The van der Waals surface area contributed by atoms with Crippen molar-refractivity contribution < 1.29 is 5.11 Å². The smallest absolute Gasteiger partial charge is 0.0482 e. The molecule has 0 aliphatic rings. The molecule has 16 heavy (non-hydrogen) atoms. The lowest BCUT2D eigenvalue weighted by Gasteiger charge is -2.05. The number of fused-ring (bicyclic) bond motifs is 1. The van der Waals surface area contributed by atoms with E-state index in [0.29, 0.717) is 6.61 Å². The van der Waals surface area contributed by atoms with Crippen molar-refractivity contribution in [3.8, 4) is 0 Å². The minimum absolute atomic E-state index is 0.311. The van der Waals surface area contributed by atoms with Crippen LogP contribution in [-0.4, -0.2) is 16.3 Å². The summed E-state index contributed by atoms with van der Waals surface area (Å²) in [6.07, 6.45) is 5.31. The topological polar surface area (TPSA) is 25.2 Å². The Morgan fingerprint density at radius 3 is 2.81 bits per heavy atom. The standard InChI is InChI=1S/C14H19NO/c1-12-6-5-7-14-13(12)8-10-15(14)9-3-2-4-11-16/h5-8,10,16H,2-4,9,11H2,1H3. The van der Waals surface area contributed by atoms with Gasteiger partial charge in [-0.25, -0.2) is 0 Å². The van der Waals surface area contributed by atoms with Gasteiger partial charge >= 0.3 is 0 Å². The summed E-state index contributed by atoms with van der Waals surface area (Å²) in [5, 5.41) is 10.1. The maximum absolute atomic E-state index is 8.72. The van der Waals surface area contributed by atoms with Crippen molar-refractivity contribution >= 4 is 10.9 Å². The molecule has 1 aromatic heterocycles. The number of aromatic nitrogens is 1. The second kappa shape index (κ2) is 5.17. The van der Waals surface area contributed by atoms with E-state index in [2.05, 4.69) is 42.0 Å². The number of aryl methyl sites for hydroxylation is 2. The molecule has 86 valence electrons. The van der Waals surface area contributed by atoms with E-state index >= 15 is 0 Å². The van der Waals surface area contributed by atoms with Gasteiger partial charge in [0, 0.05) is 30.3 Å². The zero-order valence-corrected chi connectivity index (χ0v) is 9.82. The molecule has 0 saturated carbocycles. The number of aliphatic hydroxyl groups excluding tert-OH is 1. The van der Waals surface area contributed by atoms with Gasteiger partial charge in [-0.15, -0.1) is 0 Å². The maximum Gasteiger partial charge on any atom is 0.0482 e. The van der Waals surface area contributed by atoms with Gasteiger partial charge in [0.2, 0.25) is 0 Å². The quantitative estimate of drug-likeness (QED) is 0.765. The first-order valence-corrected chi connectivity index (χ1v) is 5.98. The van der Waals surface area contributed by atoms with E-state index in [1.807, 2.05) is 0 Å². The van der Waals surface area contributed by atoms with Gasteiger partial charge in [0.15, 0.2) is 0 Å². The molecule has 0 fully saturated rings. The number of aliphatic hydroxyl groups is 1. The Morgan fingerprint density at radius 2 is 2.00 bits per heavy atom. The second-order valence-electron chi connectivity index (χ2n) is 4.30. The molecular formula is C14H19NO. The molecule has 0 bridgehead atoms. The van der Waals surface area contributed by atoms with Gasteiger partial charge in [-0.1, -0.05) is 12.1 Å². The lowest BCUT2D eigenvalue weighted by molar-refractivity contribution is 0.282. The molecule has 2 heteroatoms. The fourth-order valence-electron chi connectivity index (χ4n) is 2.14. The van der Waals surface area contributed by atoms with E-state index < -0.39 is 0 Å². The summed E-state index contributed by atoms with van der Waals surface area (Å²) in [6, 6.07) is 8.63. The molecule has 1 aromatic carbocycles. The van der Waals surface area contributed by atoms with Gasteiger partial charge in [-0.3, -0.25) is 0 Å². The first-order chi connectivity index (χ1) is 7.83. The normalized spacial score (nSPS) is 11.1. The molecule has 0 amide bonds. The predicted molar refractivity (Wildman–Crippen MR) is 67.6 cm³/mol. The van der Waals surface area contributed by atoms with Gasteiger partial charge in [0.05, 0.1) is 0 Å². The predicted octanol–water partition coefficient (Wildman–Crippen LogP) is 3.11. The van der Waals surface area contributed by atoms with Crippen molar-refractivity contribution in [1.29, 1.82) is 0 Å². The van der Waals surface area contributed by atoms with Crippen molar-refractivity contribution in [3.63, 3.8) is 0 Å². The highest BCUT2D eigenvalue weighted by molar-refractivity contribution is 5.83. The summed E-state index contributed by atoms with van der Waals surface area (Å²) in [6.45, 7) is 3.51. The van der Waals surface area contributed by atoms with E-state index in [1.54, 1.807) is 0 Å². The minimum Gasteiger partial charge on any atom is -0.396 e. The number of unbranched alkanes of at least 4 members (excludes halogenated alkanes) is 2. The summed E-state index contributed by atoms with van der Waals surface area (Å²) in [5.74, 6) is 0. The van der Waals surface area contributed by atoms with Crippen LogP contribution in [0.4, 0.5) is 0 Å². The SMILES string of the molecule is Cc1cccc2c1ccn2CCCCCO. The largest absolute Gasteiger partial charge is 0.396 e. The number of benzene rings is 1. The van der Waals surface area contributed by atoms with Gasteiger partial charge in [-0.2, -0.15) is 0 Å². The van der Waals surface area contributed by atoms with Crippen LogP contribution in [0.5, 0.6) is 0 Å². The van der Waals surface area contributed by atoms with Crippen LogP contribution in [0.1, 0.15) is 24.8 Å². The molecule has 2 nitrogen and oxygen atoms in total. The Balaban J connectivity index is 2.10. The third-order valence-corrected chi connectivity index (χ3v) is 3.09. The summed E-state index contributed by atoms with van der Waals surface area (Å²) >= 11 is 0. The van der Waals surface area contributed by atoms with Crippen LogP contribution in [0.15, 0.2) is 30.5 Å². The average molecular weight is 217 g/mol. The number of nitrogens with zero attached hydrogens (tertiary/aromatic N) is 1. The lowest BCUT2D eigenvalue weighted by Crippen LogP contribution is -1.96. The van der Waals surface area contributed by atoms with E-state index in [1.165, 1.54) is 16.5 Å². The molecule has 2 aromatic rings. The molecule has 1 heterocycles. The van der Waals surface area contributed by atoms with Crippen LogP contribution >= 0.6 is 0 Å². The van der Waals surface area contributed by atoms with Crippen molar-refractivity contribution in [2.45, 2.75) is 32.7 Å². The average Bonchev–Trinajstić information content (AvgIpc) is 2.70. The Bertz CT molecular complexity index is 459. The van der Waals surface area contributed by atoms with E-state index in [4.69, 9.17) is 5.11 Å². The van der Waals surface area contributed by atoms with Crippen molar-refractivity contribution in [2.75, 3.05) is 6.61 Å². The first-order valence-electron chi connectivity index (χ1n) is 5.98. The number of hydrogen-bond acceptors (Lipinski definition) is 1. The summed E-state index contributed by atoms with van der Waals surface area (Å²) in [7, 11) is 0. The molecule has 0 atom stereocenters. The van der Waals surface area contributed by atoms with Crippen LogP contribution in [0, 0.1) is 6.92 Å². The van der Waals surface area contributed by atoms with Crippen LogP contribution < -0.4 is 0 Å². The molecular weight excluding hydrogens is 198 g/mol. The Labute approximate surface area is 96.5 Å². The molecule has 0 unspecified atom stereocenters. The van der Waals surface area contributed by atoms with Crippen molar-refractivity contribution in [1.82, 2.24) is 4.57 Å². The van der Waals surface area contributed by atoms with Crippen molar-refractivity contribution in [3.05, 3.63) is 36.0 Å². The lowest BCUT2D eigenvalue weighted by atomic mass is 10.1. The zero-order chi connectivity index (χ0) is 11.4. The highest BCUT2D eigenvalue weighted by atomic mass is 16.2. The van der Waals surface area contributed by atoms with Crippen LogP contribution in [0.2, 0.25) is 0 Å². The third-order valence-electron chi connectivity index (χ3n) is 3.09. The van der Waals surface area contributed by atoms with Crippen molar-refractivity contribution in [2.24, 2.45) is 0 Å². The zero-order valence-electron chi connectivity index (χ0n) is 9.82. The third kappa shape index (κ3) is 2.27. The number of rotatable bonds is 5. The molecule has 0 radical (unpaired) electrons. The monoisotopic (exact) mass is 217 g/mol. The van der Waals surface area contributed by atoms with E-state index in [0.717, 1.165) is 25.8 Å². The van der Waals surface area contributed by atoms with Crippen LogP contribution in [-0.2, 0) is 6.54 Å². The highest BCUT2D eigenvalue weighted by Crippen LogP contribution is 2.19. The van der Waals surface area contributed by atoms with E-state index in [9.17, 15) is 0 Å². The van der Waals surface area contributed by atoms with Gasteiger partial charge in [0.25, 0.3) is 0 Å². The maximum atomic E-state index is 8.72. The number of hydrogen-bond donors (Lipinski definition) is 1. The molecule has 1 N–H and O–H groups in total. The van der Waals surface area contributed by atoms with Crippen LogP contribution in [0.3, 0.4) is 0 Å². The fraction of sp³-hybridized carbons (Fsp3) is 0.429. The fourth-order valence-corrected chi connectivity index (χ4v) is 2.14. The van der Waals surface area contributed by atoms with Gasteiger partial charge in [0.1, 0.15) is 0 Å². The molecule has 2 rings (SSSR count). The second-order valence-corrected chi connectivity index (χ2v) is 4.30. The van der Waals surface area contributed by atoms with Gasteiger partial charge < -0.3 is 9.67 Å². The summed E-state index contributed by atoms with van der Waals surface area (Å²) < 4.78 is 2.31. The molecule has 0 spiro atoms. The first kappa shape index (κ1) is 11.2. The Morgan fingerprint density at radius 1 is 1.12 bits per heavy atom. The summed E-state index contributed by atoms with van der Waals surface area (Å²) in [4.78, 5) is 0. The van der Waals surface area contributed by atoms with E-state index in [-0.39, 0.29) is 0 Å². The molecule has 0 aliphatic carbocycles. The Hall–Kier alpha value is -1.28.